The van der Waals surface area contributed by atoms with Crippen molar-refractivity contribution in [3.63, 3.8) is 0 Å². The van der Waals surface area contributed by atoms with E-state index in [9.17, 15) is 4.79 Å². The van der Waals surface area contributed by atoms with Crippen molar-refractivity contribution in [3.05, 3.63) is 30.2 Å². The Kier molecular flexibility index (Phi) is 3.61. The fraction of sp³-hybridized carbons (Fsp3) is 0.364. The van der Waals surface area contributed by atoms with Crippen molar-refractivity contribution in [3.8, 4) is 0 Å². The molecule has 2 rings (SSSR count). The van der Waals surface area contributed by atoms with E-state index in [2.05, 4.69) is 15.5 Å². The number of rotatable bonds is 5. The predicted octanol–water partition coefficient (Wildman–Crippen LogP) is 0.0189. The van der Waals surface area contributed by atoms with Crippen LogP contribution in [0.3, 0.4) is 0 Å². The summed E-state index contributed by atoms with van der Waals surface area (Å²) >= 11 is 0. The number of nitrogen functional groups attached to an aromatic ring is 1. The summed E-state index contributed by atoms with van der Waals surface area (Å²) in [4.78, 5) is 11.8. The van der Waals surface area contributed by atoms with Gasteiger partial charge in [-0.3, -0.25) is 14.2 Å². The smallest absolute Gasteiger partial charge is 0.256 e. The van der Waals surface area contributed by atoms with Gasteiger partial charge in [0.25, 0.3) is 5.91 Å². The summed E-state index contributed by atoms with van der Waals surface area (Å²) in [6, 6.07) is 1.87. The first-order chi connectivity index (χ1) is 8.68. The molecule has 7 nitrogen and oxygen atoms in total. The van der Waals surface area contributed by atoms with Crippen LogP contribution in [0.5, 0.6) is 0 Å². The van der Waals surface area contributed by atoms with Gasteiger partial charge in [-0.15, -0.1) is 0 Å². The number of aromatic nitrogens is 4. The van der Waals surface area contributed by atoms with Crippen LogP contribution in [0.4, 0.5) is 5.82 Å². The predicted molar refractivity (Wildman–Crippen MR) is 66.8 cm³/mol. The summed E-state index contributed by atoms with van der Waals surface area (Å²) in [5.41, 5.74) is 6.12. The van der Waals surface area contributed by atoms with Gasteiger partial charge in [0.2, 0.25) is 0 Å². The highest BCUT2D eigenvalue weighted by molar-refractivity contribution is 5.98. The number of carbonyl (C=O) groups excluding carboxylic acids is 1. The van der Waals surface area contributed by atoms with Crippen LogP contribution in [0.1, 0.15) is 16.8 Å². The Morgan fingerprint density at radius 1 is 1.50 bits per heavy atom. The number of amides is 1. The second kappa shape index (κ2) is 5.35. The molecule has 0 aliphatic heterocycles. The van der Waals surface area contributed by atoms with E-state index in [0.29, 0.717) is 17.9 Å². The fourth-order valence-corrected chi connectivity index (χ4v) is 1.59. The lowest BCUT2D eigenvalue weighted by molar-refractivity contribution is 0.0953. The number of nitrogens with zero attached hydrogens (tertiary/aromatic N) is 4. The molecule has 0 aliphatic rings. The SMILES string of the molecule is Cn1ncc(C(=O)NCCCn2cccn2)c1N. The lowest BCUT2D eigenvalue weighted by Gasteiger charge is -2.05. The summed E-state index contributed by atoms with van der Waals surface area (Å²) in [5.74, 6) is 0.181. The van der Waals surface area contributed by atoms with Gasteiger partial charge in [-0.25, -0.2) is 0 Å². The molecular formula is C11H16N6O. The molecule has 2 heterocycles. The molecule has 0 radical (unpaired) electrons. The van der Waals surface area contributed by atoms with Crippen molar-refractivity contribution in [2.45, 2.75) is 13.0 Å². The zero-order valence-corrected chi connectivity index (χ0v) is 10.2. The van der Waals surface area contributed by atoms with E-state index in [0.717, 1.165) is 13.0 Å². The Bertz CT molecular complexity index is 516. The van der Waals surface area contributed by atoms with E-state index in [-0.39, 0.29) is 5.91 Å². The zero-order chi connectivity index (χ0) is 13.0. The van der Waals surface area contributed by atoms with Crippen LogP contribution in [-0.4, -0.2) is 32.0 Å². The molecule has 0 aromatic carbocycles. The van der Waals surface area contributed by atoms with E-state index in [1.165, 1.54) is 10.9 Å². The molecule has 0 spiro atoms. The van der Waals surface area contributed by atoms with Crippen molar-refractivity contribution in [1.29, 1.82) is 0 Å². The Morgan fingerprint density at radius 2 is 2.33 bits per heavy atom. The van der Waals surface area contributed by atoms with Crippen molar-refractivity contribution in [1.82, 2.24) is 24.9 Å². The second-order valence-corrected chi connectivity index (χ2v) is 3.95. The van der Waals surface area contributed by atoms with E-state index in [1.807, 2.05) is 16.9 Å². The van der Waals surface area contributed by atoms with Gasteiger partial charge >= 0.3 is 0 Å². The van der Waals surface area contributed by atoms with Gasteiger partial charge in [0.05, 0.1) is 6.20 Å². The van der Waals surface area contributed by atoms with Crippen LogP contribution in [0, 0.1) is 0 Å². The average Bonchev–Trinajstić information content (AvgIpc) is 2.97. The molecule has 3 N–H and O–H groups in total. The average molecular weight is 248 g/mol. The van der Waals surface area contributed by atoms with Crippen LogP contribution < -0.4 is 11.1 Å². The number of nitrogens with two attached hydrogens (primary N) is 1. The molecule has 0 saturated carbocycles. The highest BCUT2D eigenvalue weighted by atomic mass is 16.1. The lowest BCUT2D eigenvalue weighted by Crippen LogP contribution is -2.25. The molecule has 0 saturated heterocycles. The lowest BCUT2D eigenvalue weighted by atomic mass is 10.3. The molecule has 18 heavy (non-hydrogen) atoms. The number of hydrogen-bond acceptors (Lipinski definition) is 4. The van der Waals surface area contributed by atoms with E-state index >= 15 is 0 Å². The quantitative estimate of drug-likeness (QED) is 0.730. The fourth-order valence-electron chi connectivity index (χ4n) is 1.59. The largest absolute Gasteiger partial charge is 0.383 e. The summed E-state index contributed by atoms with van der Waals surface area (Å²) in [7, 11) is 1.70. The first-order valence-corrected chi connectivity index (χ1v) is 5.71. The van der Waals surface area contributed by atoms with E-state index in [4.69, 9.17) is 5.73 Å². The van der Waals surface area contributed by atoms with Crippen LogP contribution in [0.25, 0.3) is 0 Å². The summed E-state index contributed by atoms with van der Waals surface area (Å²) in [6.45, 7) is 1.35. The van der Waals surface area contributed by atoms with Gasteiger partial charge in [-0.05, 0) is 12.5 Å². The van der Waals surface area contributed by atoms with Gasteiger partial charge in [-0.2, -0.15) is 10.2 Å². The Labute approximate surface area is 105 Å². The highest BCUT2D eigenvalue weighted by Gasteiger charge is 2.12. The number of nitrogens with one attached hydrogen (secondary N) is 1. The molecular weight excluding hydrogens is 232 g/mol. The van der Waals surface area contributed by atoms with E-state index in [1.54, 1.807) is 13.2 Å². The van der Waals surface area contributed by atoms with Crippen molar-refractivity contribution in [2.24, 2.45) is 7.05 Å². The van der Waals surface area contributed by atoms with Crippen LogP contribution in [0.2, 0.25) is 0 Å². The van der Waals surface area contributed by atoms with Crippen molar-refractivity contribution >= 4 is 11.7 Å². The maximum Gasteiger partial charge on any atom is 0.256 e. The molecule has 1 amide bonds. The monoisotopic (exact) mass is 248 g/mol. The van der Waals surface area contributed by atoms with Crippen LogP contribution in [0.15, 0.2) is 24.7 Å². The zero-order valence-electron chi connectivity index (χ0n) is 10.2. The minimum absolute atomic E-state index is 0.193. The van der Waals surface area contributed by atoms with Gasteiger partial charge in [-0.1, -0.05) is 0 Å². The Hall–Kier alpha value is -2.31. The molecule has 7 heteroatoms. The summed E-state index contributed by atoms with van der Waals surface area (Å²) in [6.07, 6.45) is 5.90. The molecule has 0 unspecified atom stereocenters. The number of hydrogen-bond donors (Lipinski definition) is 2. The third kappa shape index (κ3) is 2.68. The number of aryl methyl sites for hydroxylation is 2. The third-order valence-electron chi connectivity index (χ3n) is 2.64. The third-order valence-corrected chi connectivity index (χ3v) is 2.64. The molecule has 2 aromatic rings. The maximum absolute atomic E-state index is 11.8. The molecule has 0 bridgehead atoms. The topological polar surface area (TPSA) is 90.8 Å². The van der Waals surface area contributed by atoms with Crippen molar-refractivity contribution < 1.29 is 4.79 Å². The molecule has 0 atom stereocenters. The van der Waals surface area contributed by atoms with Gasteiger partial charge in [0.1, 0.15) is 11.4 Å². The van der Waals surface area contributed by atoms with E-state index < -0.39 is 0 Å². The van der Waals surface area contributed by atoms with Crippen LogP contribution >= 0.6 is 0 Å². The first-order valence-electron chi connectivity index (χ1n) is 5.71. The standard InChI is InChI=1S/C11H16N6O/c1-16-10(12)9(8-15-16)11(18)13-4-2-6-17-7-3-5-14-17/h3,5,7-8H,2,4,6,12H2,1H3,(H,13,18). The van der Waals surface area contributed by atoms with Crippen molar-refractivity contribution in [2.75, 3.05) is 12.3 Å². The maximum atomic E-state index is 11.8. The number of carbonyl (C=O) groups is 1. The number of anilines is 1. The minimum Gasteiger partial charge on any atom is -0.383 e. The van der Waals surface area contributed by atoms with Gasteiger partial charge in [0, 0.05) is 32.5 Å². The minimum atomic E-state index is -0.193. The normalized spacial score (nSPS) is 10.5. The van der Waals surface area contributed by atoms with Gasteiger partial charge in [0.15, 0.2) is 0 Å². The van der Waals surface area contributed by atoms with Gasteiger partial charge < -0.3 is 11.1 Å². The molecule has 2 aromatic heterocycles. The molecule has 0 fully saturated rings. The second-order valence-electron chi connectivity index (χ2n) is 3.95. The summed E-state index contributed by atoms with van der Waals surface area (Å²) in [5, 5.41) is 10.8. The Balaban J connectivity index is 1.77. The first kappa shape index (κ1) is 12.2. The summed E-state index contributed by atoms with van der Waals surface area (Å²) < 4.78 is 3.29. The Morgan fingerprint density at radius 3 is 2.94 bits per heavy atom. The molecule has 96 valence electrons. The molecule has 0 aliphatic carbocycles. The van der Waals surface area contributed by atoms with Crippen LogP contribution in [-0.2, 0) is 13.6 Å². The highest BCUT2D eigenvalue weighted by Crippen LogP contribution is 2.08.